The first kappa shape index (κ1) is 12.7. The molecule has 6 heteroatoms. The maximum atomic E-state index is 10.5. The van der Waals surface area contributed by atoms with Crippen LogP contribution in [0.5, 0.6) is 0 Å². The molecule has 0 aliphatic carbocycles. The Hall–Kier alpha value is -2.76. The van der Waals surface area contributed by atoms with Gasteiger partial charge < -0.3 is 5.73 Å². The summed E-state index contributed by atoms with van der Waals surface area (Å²) < 4.78 is 0. The van der Waals surface area contributed by atoms with E-state index in [-0.39, 0.29) is 5.69 Å². The Morgan fingerprint density at radius 3 is 2.21 bits per heavy atom. The summed E-state index contributed by atoms with van der Waals surface area (Å²) in [6.45, 7) is 1.89. The van der Waals surface area contributed by atoms with Crippen LogP contribution in [0.25, 0.3) is 0 Å². The Labute approximate surface area is 109 Å². The topological polar surface area (TPSA) is 93.9 Å². The van der Waals surface area contributed by atoms with Crippen molar-refractivity contribution in [3.63, 3.8) is 0 Å². The number of nitrogen functional groups attached to an aromatic ring is 1. The van der Waals surface area contributed by atoms with Crippen LogP contribution in [0.1, 0.15) is 5.56 Å². The van der Waals surface area contributed by atoms with Crippen molar-refractivity contribution in [2.45, 2.75) is 6.92 Å². The van der Waals surface area contributed by atoms with Crippen LogP contribution in [-0.2, 0) is 0 Å². The summed E-state index contributed by atoms with van der Waals surface area (Å²) in [5.41, 5.74) is 8.61. The van der Waals surface area contributed by atoms with Gasteiger partial charge in [0.05, 0.1) is 16.3 Å². The van der Waals surface area contributed by atoms with E-state index < -0.39 is 4.92 Å². The predicted octanol–water partition coefficient (Wildman–Crippen LogP) is 3.90. The van der Waals surface area contributed by atoms with Gasteiger partial charge in [-0.15, -0.1) is 0 Å². The number of non-ortho nitro benzene ring substituents is 1. The summed E-state index contributed by atoms with van der Waals surface area (Å²) in [6.07, 6.45) is 0. The van der Waals surface area contributed by atoms with Crippen molar-refractivity contribution in [2.75, 3.05) is 5.73 Å². The Morgan fingerprint density at radius 1 is 1.05 bits per heavy atom. The number of aryl methyl sites for hydroxylation is 1. The van der Waals surface area contributed by atoms with E-state index in [9.17, 15) is 10.1 Å². The van der Waals surface area contributed by atoms with Gasteiger partial charge in [0.15, 0.2) is 0 Å². The van der Waals surface area contributed by atoms with Crippen molar-refractivity contribution in [3.8, 4) is 0 Å². The monoisotopic (exact) mass is 256 g/mol. The molecule has 2 rings (SSSR count). The van der Waals surface area contributed by atoms with Crippen molar-refractivity contribution in [1.29, 1.82) is 0 Å². The molecule has 0 heterocycles. The number of hydrogen-bond acceptors (Lipinski definition) is 5. The quantitative estimate of drug-likeness (QED) is 0.390. The predicted molar refractivity (Wildman–Crippen MR) is 72.9 cm³/mol. The van der Waals surface area contributed by atoms with Gasteiger partial charge in [-0.05, 0) is 42.8 Å². The molecule has 0 unspecified atom stereocenters. The summed E-state index contributed by atoms with van der Waals surface area (Å²) in [6, 6.07) is 11.2. The first-order valence-electron chi connectivity index (χ1n) is 5.58. The number of hydrogen-bond donors (Lipinski definition) is 1. The van der Waals surface area contributed by atoms with Crippen molar-refractivity contribution < 1.29 is 4.92 Å². The fraction of sp³-hybridized carbons (Fsp3) is 0.0769. The zero-order chi connectivity index (χ0) is 13.8. The Balaban J connectivity index is 2.17. The number of rotatable bonds is 3. The van der Waals surface area contributed by atoms with E-state index >= 15 is 0 Å². The summed E-state index contributed by atoms with van der Waals surface area (Å²) in [7, 11) is 0. The number of nitro groups is 1. The molecule has 0 saturated carbocycles. The van der Waals surface area contributed by atoms with E-state index in [1.165, 1.54) is 12.1 Å². The van der Waals surface area contributed by atoms with Crippen LogP contribution in [0.3, 0.4) is 0 Å². The van der Waals surface area contributed by atoms with Gasteiger partial charge in [0.25, 0.3) is 5.69 Å². The van der Waals surface area contributed by atoms with Gasteiger partial charge in [0.1, 0.15) is 0 Å². The minimum absolute atomic E-state index is 0.0299. The third-order valence-electron chi connectivity index (χ3n) is 2.59. The van der Waals surface area contributed by atoms with Crippen molar-refractivity contribution in [3.05, 3.63) is 58.1 Å². The summed E-state index contributed by atoms with van der Waals surface area (Å²) in [4.78, 5) is 10.0. The molecule has 0 aliphatic rings. The van der Waals surface area contributed by atoms with E-state index in [4.69, 9.17) is 5.73 Å². The molecule has 0 aromatic heterocycles. The number of anilines is 1. The van der Waals surface area contributed by atoms with Crippen molar-refractivity contribution in [1.82, 2.24) is 0 Å². The van der Waals surface area contributed by atoms with Crippen molar-refractivity contribution >= 4 is 22.7 Å². The number of nitrogens with zero attached hydrogens (tertiary/aromatic N) is 3. The van der Waals surface area contributed by atoms with Crippen LogP contribution >= 0.6 is 0 Å². The summed E-state index contributed by atoms with van der Waals surface area (Å²) in [5, 5.41) is 18.6. The summed E-state index contributed by atoms with van der Waals surface area (Å²) >= 11 is 0. The molecule has 6 nitrogen and oxygen atoms in total. The molecule has 0 bridgehead atoms. The molecule has 0 amide bonds. The molecule has 2 aromatic rings. The SMILES string of the molecule is Cc1cc(N=Nc2ccc([N+](=O)[O-])cc2)ccc1N. The molecule has 19 heavy (non-hydrogen) atoms. The Bertz CT molecular complexity index is 636. The molecular weight excluding hydrogens is 244 g/mol. The lowest BCUT2D eigenvalue weighted by Gasteiger charge is -1.99. The van der Waals surface area contributed by atoms with Crippen LogP contribution < -0.4 is 5.73 Å². The van der Waals surface area contributed by atoms with Crippen LogP contribution in [0.2, 0.25) is 0 Å². The number of nitro benzene ring substituents is 1. The number of azo groups is 1. The maximum absolute atomic E-state index is 10.5. The number of benzene rings is 2. The molecule has 2 N–H and O–H groups in total. The second-order valence-corrected chi connectivity index (χ2v) is 4.01. The second kappa shape index (κ2) is 5.26. The van der Waals surface area contributed by atoms with Gasteiger partial charge in [0.2, 0.25) is 0 Å². The van der Waals surface area contributed by atoms with E-state index in [1.807, 2.05) is 13.0 Å². The maximum Gasteiger partial charge on any atom is 0.269 e. The largest absolute Gasteiger partial charge is 0.399 e. The first-order chi connectivity index (χ1) is 9.06. The van der Waals surface area contributed by atoms with Gasteiger partial charge in [-0.3, -0.25) is 10.1 Å². The average Bonchev–Trinajstić information content (AvgIpc) is 2.40. The highest BCUT2D eigenvalue weighted by Crippen LogP contribution is 2.23. The van der Waals surface area contributed by atoms with Gasteiger partial charge >= 0.3 is 0 Å². The molecular formula is C13H12N4O2. The van der Waals surface area contributed by atoms with E-state index in [0.29, 0.717) is 17.1 Å². The molecule has 0 atom stereocenters. The normalized spacial score (nSPS) is 10.8. The zero-order valence-corrected chi connectivity index (χ0v) is 10.3. The van der Waals surface area contributed by atoms with Crippen molar-refractivity contribution in [2.24, 2.45) is 10.2 Å². The fourth-order valence-corrected chi connectivity index (χ4v) is 1.48. The highest BCUT2D eigenvalue weighted by atomic mass is 16.6. The Kier molecular flexibility index (Phi) is 3.51. The van der Waals surface area contributed by atoms with Crippen LogP contribution in [-0.4, -0.2) is 4.92 Å². The zero-order valence-electron chi connectivity index (χ0n) is 10.3. The third kappa shape index (κ3) is 3.12. The van der Waals surface area contributed by atoms with E-state index in [0.717, 1.165) is 5.56 Å². The van der Waals surface area contributed by atoms with Crippen LogP contribution in [0, 0.1) is 17.0 Å². The highest BCUT2D eigenvalue weighted by molar-refractivity contribution is 5.54. The molecule has 0 saturated heterocycles. The first-order valence-corrected chi connectivity index (χ1v) is 5.58. The van der Waals surface area contributed by atoms with Gasteiger partial charge in [0, 0.05) is 17.8 Å². The molecule has 0 aliphatic heterocycles. The van der Waals surface area contributed by atoms with E-state index in [2.05, 4.69) is 10.2 Å². The van der Waals surface area contributed by atoms with Crippen LogP contribution in [0.4, 0.5) is 22.7 Å². The highest BCUT2D eigenvalue weighted by Gasteiger charge is 2.03. The molecule has 2 aromatic carbocycles. The second-order valence-electron chi connectivity index (χ2n) is 4.01. The minimum atomic E-state index is -0.454. The molecule has 96 valence electrons. The van der Waals surface area contributed by atoms with Gasteiger partial charge in [-0.2, -0.15) is 10.2 Å². The molecule has 0 fully saturated rings. The lowest BCUT2D eigenvalue weighted by atomic mass is 10.2. The van der Waals surface area contributed by atoms with Crippen LogP contribution in [0.15, 0.2) is 52.7 Å². The lowest BCUT2D eigenvalue weighted by Crippen LogP contribution is -1.87. The Morgan fingerprint density at radius 2 is 1.63 bits per heavy atom. The number of nitrogens with two attached hydrogens (primary N) is 1. The smallest absolute Gasteiger partial charge is 0.269 e. The third-order valence-corrected chi connectivity index (χ3v) is 2.59. The van der Waals surface area contributed by atoms with Gasteiger partial charge in [-0.1, -0.05) is 0 Å². The summed E-state index contributed by atoms with van der Waals surface area (Å²) in [5.74, 6) is 0. The lowest BCUT2D eigenvalue weighted by molar-refractivity contribution is -0.384. The average molecular weight is 256 g/mol. The van der Waals surface area contributed by atoms with E-state index in [1.54, 1.807) is 24.3 Å². The van der Waals surface area contributed by atoms with Gasteiger partial charge in [-0.25, -0.2) is 0 Å². The molecule has 0 radical (unpaired) electrons. The molecule has 0 spiro atoms. The minimum Gasteiger partial charge on any atom is -0.399 e. The standard InChI is InChI=1S/C13H12N4O2/c1-9-8-11(4-7-13(9)14)16-15-10-2-5-12(6-3-10)17(18)19/h2-8H,14H2,1H3. The fourth-order valence-electron chi connectivity index (χ4n) is 1.48.